The van der Waals surface area contributed by atoms with Crippen molar-refractivity contribution in [3.05, 3.63) is 34.9 Å². The molecule has 1 saturated heterocycles. The van der Waals surface area contributed by atoms with Gasteiger partial charge in [-0.15, -0.1) is 0 Å². The fraction of sp³-hybridized carbons (Fsp3) is 0.529. The van der Waals surface area contributed by atoms with Crippen LogP contribution < -0.4 is 5.32 Å². The Morgan fingerprint density at radius 2 is 1.90 bits per heavy atom. The molecular formula is C17H20ClNO2. The Bertz CT molecular complexity index is 590. The normalized spacial score (nSPS) is 32.2. The van der Waals surface area contributed by atoms with Crippen molar-refractivity contribution >= 4 is 23.4 Å². The van der Waals surface area contributed by atoms with Crippen LogP contribution in [0.1, 0.15) is 44.6 Å². The van der Waals surface area contributed by atoms with E-state index in [9.17, 15) is 9.59 Å². The van der Waals surface area contributed by atoms with Gasteiger partial charge in [0, 0.05) is 11.4 Å². The van der Waals surface area contributed by atoms with Crippen LogP contribution in [0.5, 0.6) is 0 Å². The lowest BCUT2D eigenvalue weighted by atomic mass is 9.50. The first-order valence-electron chi connectivity index (χ1n) is 7.51. The third-order valence-electron chi connectivity index (χ3n) is 5.15. The van der Waals surface area contributed by atoms with E-state index in [-0.39, 0.29) is 23.1 Å². The monoisotopic (exact) mass is 305 g/mol. The average Bonchev–Trinajstić information content (AvgIpc) is 2.36. The zero-order chi connectivity index (χ0) is 15.2. The van der Waals surface area contributed by atoms with Crippen molar-refractivity contribution < 1.29 is 9.59 Å². The van der Waals surface area contributed by atoms with E-state index in [1.807, 2.05) is 24.3 Å². The number of hydrogen-bond donors (Lipinski definition) is 1. The molecule has 1 heterocycles. The van der Waals surface area contributed by atoms with E-state index in [0.29, 0.717) is 23.3 Å². The standard InChI is InChI=1S/C17H20ClNO2/c1-10(2)11-7-17(8-11)9-14(20)19-16(21)15(17)12-5-3-4-6-13(12)18/h3-6,10-11,15H,7-9H2,1-2H3,(H,19,20,21). The molecule has 2 aliphatic rings. The van der Waals surface area contributed by atoms with E-state index in [2.05, 4.69) is 19.2 Å². The molecule has 1 N–H and O–H groups in total. The maximum Gasteiger partial charge on any atom is 0.234 e. The van der Waals surface area contributed by atoms with Crippen molar-refractivity contribution in [2.45, 2.75) is 39.0 Å². The Hall–Kier alpha value is -1.35. The van der Waals surface area contributed by atoms with E-state index in [4.69, 9.17) is 11.6 Å². The molecule has 1 aliphatic carbocycles. The van der Waals surface area contributed by atoms with Gasteiger partial charge in [0.15, 0.2) is 0 Å². The summed E-state index contributed by atoms with van der Waals surface area (Å²) in [7, 11) is 0. The van der Waals surface area contributed by atoms with E-state index in [0.717, 1.165) is 18.4 Å². The summed E-state index contributed by atoms with van der Waals surface area (Å²) in [4.78, 5) is 24.3. The van der Waals surface area contributed by atoms with Gasteiger partial charge in [-0.25, -0.2) is 0 Å². The van der Waals surface area contributed by atoms with Crippen molar-refractivity contribution in [1.29, 1.82) is 0 Å². The Morgan fingerprint density at radius 1 is 1.24 bits per heavy atom. The van der Waals surface area contributed by atoms with Gasteiger partial charge in [0.25, 0.3) is 0 Å². The first kappa shape index (κ1) is 14.6. The van der Waals surface area contributed by atoms with Gasteiger partial charge in [-0.3, -0.25) is 14.9 Å². The molecule has 2 fully saturated rings. The number of hydrogen-bond acceptors (Lipinski definition) is 2. The minimum absolute atomic E-state index is 0.148. The molecule has 21 heavy (non-hydrogen) atoms. The van der Waals surface area contributed by atoms with Crippen molar-refractivity contribution in [2.75, 3.05) is 0 Å². The summed E-state index contributed by atoms with van der Waals surface area (Å²) < 4.78 is 0. The predicted octanol–water partition coefficient (Wildman–Crippen LogP) is 3.52. The van der Waals surface area contributed by atoms with Crippen molar-refractivity contribution in [2.24, 2.45) is 17.3 Å². The molecule has 0 aromatic heterocycles. The molecule has 1 atom stereocenters. The molecule has 1 aromatic rings. The third kappa shape index (κ3) is 2.38. The molecule has 3 rings (SSSR count). The molecule has 0 bridgehead atoms. The minimum Gasteiger partial charge on any atom is -0.296 e. The van der Waals surface area contributed by atoms with E-state index >= 15 is 0 Å². The van der Waals surface area contributed by atoms with Gasteiger partial charge in [-0.05, 0) is 41.7 Å². The summed E-state index contributed by atoms with van der Waals surface area (Å²) in [5, 5.41) is 3.10. The second-order valence-electron chi connectivity index (χ2n) is 6.82. The molecule has 2 amide bonds. The molecular weight excluding hydrogens is 286 g/mol. The van der Waals surface area contributed by atoms with Crippen LogP contribution in [0.25, 0.3) is 0 Å². The van der Waals surface area contributed by atoms with Gasteiger partial charge >= 0.3 is 0 Å². The third-order valence-corrected chi connectivity index (χ3v) is 5.49. The quantitative estimate of drug-likeness (QED) is 0.850. The van der Waals surface area contributed by atoms with E-state index in [1.54, 1.807) is 0 Å². The summed E-state index contributed by atoms with van der Waals surface area (Å²) in [6.07, 6.45) is 2.29. The van der Waals surface area contributed by atoms with Crippen LogP contribution in [0.3, 0.4) is 0 Å². The molecule has 1 spiro atoms. The van der Waals surface area contributed by atoms with Crippen LogP contribution in [0.15, 0.2) is 24.3 Å². The molecule has 1 aliphatic heterocycles. The molecule has 3 nitrogen and oxygen atoms in total. The number of halogens is 1. The predicted molar refractivity (Wildman–Crippen MR) is 82.0 cm³/mol. The van der Waals surface area contributed by atoms with Crippen molar-refractivity contribution in [3.8, 4) is 0 Å². The first-order valence-corrected chi connectivity index (χ1v) is 7.89. The number of piperidine rings is 1. The number of amides is 2. The average molecular weight is 306 g/mol. The van der Waals surface area contributed by atoms with Crippen molar-refractivity contribution in [1.82, 2.24) is 5.32 Å². The molecule has 0 radical (unpaired) electrons. The number of benzene rings is 1. The van der Waals surface area contributed by atoms with Crippen LogP contribution in [0, 0.1) is 17.3 Å². The number of nitrogens with one attached hydrogen (secondary N) is 1. The number of rotatable bonds is 2. The maximum absolute atomic E-state index is 12.5. The SMILES string of the molecule is CC(C)C1CC2(CC(=O)NC(=O)C2c2ccccc2Cl)C1. The fourth-order valence-corrected chi connectivity index (χ4v) is 4.21. The lowest BCUT2D eigenvalue weighted by Crippen LogP contribution is -2.56. The summed E-state index contributed by atoms with van der Waals surface area (Å²) in [5.74, 6) is 0.530. The summed E-state index contributed by atoms with van der Waals surface area (Å²) in [6, 6.07) is 7.49. The van der Waals surface area contributed by atoms with Gasteiger partial charge < -0.3 is 0 Å². The second-order valence-corrected chi connectivity index (χ2v) is 7.23. The highest BCUT2D eigenvalue weighted by Gasteiger charge is 2.57. The van der Waals surface area contributed by atoms with Gasteiger partial charge in [0.2, 0.25) is 11.8 Å². The zero-order valence-electron chi connectivity index (χ0n) is 12.4. The Labute approximate surface area is 130 Å². The van der Waals surface area contributed by atoms with Crippen LogP contribution in [-0.2, 0) is 9.59 Å². The second kappa shape index (κ2) is 5.13. The molecule has 1 unspecified atom stereocenters. The van der Waals surface area contributed by atoms with Gasteiger partial charge in [-0.1, -0.05) is 43.6 Å². The topological polar surface area (TPSA) is 46.2 Å². The first-order chi connectivity index (χ1) is 9.93. The highest BCUT2D eigenvalue weighted by atomic mass is 35.5. The van der Waals surface area contributed by atoms with Crippen LogP contribution in [0.2, 0.25) is 5.02 Å². The lowest BCUT2D eigenvalue weighted by Gasteiger charge is -2.55. The molecule has 1 aromatic carbocycles. The summed E-state index contributed by atoms with van der Waals surface area (Å²) in [6.45, 7) is 4.40. The lowest BCUT2D eigenvalue weighted by molar-refractivity contribution is -0.147. The Morgan fingerprint density at radius 3 is 2.52 bits per heavy atom. The Kier molecular flexibility index (Phi) is 3.56. The highest BCUT2D eigenvalue weighted by Crippen LogP contribution is 2.60. The number of imide groups is 1. The highest BCUT2D eigenvalue weighted by molar-refractivity contribution is 6.31. The van der Waals surface area contributed by atoms with Crippen LogP contribution in [0.4, 0.5) is 0 Å². The largest absolute Gasteiger partial charge is 0.296 e. The van der Waals surface area contributed by atoms with Gasteiger partial charge in [-0.2, -0.15) is 0 Å². The van der Waals surface area contributed by atoms with E-state index in [1.165, 1.54) is 0 Å². The molecule has 4 heteroatoms. The molecule has 1 saturated carbocycles. The van der Waals surface area contributed by atoms with Gasteiger partial charge in [0.1, 0.15) is 0 Å². The van der Waals surface area contributed by atoms with Gasteiger partial charge in [0.05, 0.1) is 5.92 Å². The minimum atomic E-state index is -0.307. The Balaban J connectivity index is 1.98. The summed E-state index contributed by atoms with van der Waals surface area (Å²) in [5.41, 5.74) is 0.616. The number of carbonyl (C=O) groups is 2. The molecule has 112 valence electrons. The van der Waals surface area contributed by atoms with Crippen molar-refractivity contribution in [3.63, 3.8) is 0 Å². The van der Waals surface area contributed by atoms with Crippen LogP contribution in [-0.4, -0.2) is 11.8 Å². The fourth-order valence-electron chi connectivity index (χ4n) is 3.97. The number of carbonyl (C=O) groups excluding carboxylic acids is 2. The van der Waals surface area contributed by atoms with E-state index < -0.39 is 0 Å². The van der Waals surface area contributed by atoms with Crippen LogP contribution >= 0.6 is 11.6 Å². The summed E-state index contributed by atoms with van der Waals surface area (Å²) >= 11 is 6.30. The maximum atomic E-state index is 12.5. The smallest absolute Gasteiger partial charge is 0.234 e. The zero-order valence-corrected chi connectivity index (χ0v) is 13.1.